The molecule has 1 unspecified atom stereocenters. The Labute approximate surface area is 93.4 Å². The summed E-state index contributed by atoms with van der Waals surface area (Å²) in [7, 11) is 3.35. The smallest absolute Gasteiger partial charge is 0.129 e. The van der Waals surface area contributed by atoms with Crippen LogP contribution in [0.3, 0.4) is 0 Å². The first kappa shape index (κ1) is 11.4. The fourth-order valence-corrected chi connectivity index (χ4v) is 1.86. The maximum absolute atomic E-state index is 5.37. The Balaban J connectivity index is 3.28. The van der Waals surface area contributed by atoms with Gasteiger partial charge in [-0.05, 0) is 19.9 Å². The van der Waals surface area contributed by atoms with Crippen molar-refractivity contribution in [3.8, 4) is 11.5 Å². The predicted octanol–water partition coefficient (Wildman–Crippen LogP) is 3.47. The minimum atomic E-state index is 0.280. The molecule has 0 aliphatic carbocycles. The molecule has 0 N–H and O–H groups in total. The molecule has 1 atom stereocenters. The Morgan fingerprint density at radius 2 is 1.86 bits per heavy atom. The number of ether oxygens (including phenoxy) is 2. The Hall–Kier alpha value is -0.700. The third-order valence-electron chi connectivity index (χ3n) is 2.24. The van der Waals surface area contributed by atoms with Gasteiger partial charge >= 0.3 is 0 Å². The van der Waals surface area contributed by atoms with E-state index in [-0.39, 0.29) is 4.83 Å². The number of rotatable bonds is 3. The molecule has 1 aromatic rings. The number of halogens is 1. The normalized spacial score (nSPS) is 12.4. The van der Waals surface area contributed by atoms with Crippen molar-refractivity contribution in [2.24, 2.45) is 0 Å². The van der Waals surface area contributed by atoms with Crippen LogP contribution in [0.1, 0.15) is 22.9 Å². The third kappa shape index (κ3) is 2.03. The van der Waals surface area contributed by atoms with E-state index in [9.17, 15) is 0 Å². The zero-order valence-electron chi connectivity index (χ0n) is 8.93. The monoisotopic (exact) mass is 258 g/mol. The lowest BCUT2D eigenvalue weighted by Crippen LogP contribution is -1.97. The first-order chi connectivity index (χ1) is 6.61. The predicted molar refractivity (Wildman–Crippen MR) is 61.6 cm³/mol. The second kappa shape index (κ2) is 4.69. The van der Waals surface area contributed by atoms with Gasteiger partial charge in [0.05, 0.1) is 14.2 Å². The second-order valence-corrected chi connectivity index (χ2v) is 4.50. The fraction of sp³-hybridized carbons (Fsp3) is 0.455. The molecule has 78 valence electrons. The molecule has 0 fully saturated rings. The molecule has 0 heterocycles. The van der Waals surface area contributed by atoms with E-state index in [0.717, 1.165) is 22.6 Å². The lowest BCUT2D eigenvalue weighted by molar-refractivity contribution is 0.385. The van der Waals surface area contributed by atoms with E-state index in [2.05, 4.69) is 22.9 Å². The van der Waals surface area contributed by atoms with Gasteiger partial charge in [0.1, 0.15) is 11.5 Å². The van der Waals surface area contributed by atoms with E-state index in [1.54, 1.807) is 14.2 Å². The fourth-order valence-electron chi connectivity index (χ4n) is 1.50. The first-order valence-electron chi connectivity index (χ1n) is 4.47. The number of benzene rings is 1. The summed E-state index contributed by atoms with van der Waals surface area (Å²) in [5.74, 6) is 1.76. The molecule has 0 aliphatic rings. The van der Waals surface area contributed by atoms with Crippen LogP contribution in [0.15, 0.2) is 12.1 Å². The average molecular weight is 259 g/mol. The van der Waals surface area contributed by atoms with Crippen LogP contribution in [-0.2, 0) is 0 Å². The minimum Gasteiger partial charge on any atom is -0.496 e. The van der Waals surface area contributed by atoms with Gasteiger partial charge < -0.3 is 9.47 Å². The Morgan fingerprint density at radius 1 is 1.21 bits per heavy atom. The summed E-state index contributed by atoms with van der Waals surface area (Å²) in [6.07, 6.45) is 0. The molecule has 0 amide bonds. The van der Waals surface area contributed by atoms with Crippen molar-refractivity contribution in [1.29, 1.82) is 0 Å². The van der Waals surface area contributed by atoms with E-state index >= 15 is 0 Å². The average Bonchev–Trinajstić information content (AvgIpc) is 2.17. The van der Waals surface area contributed by atoms with Gasteiger partial charge in [-0.3, -0.25) is 0 Å². The van der Waals surface area contributed by atoms with Gasteiger partial charge in [-0.1, -0.05) is 22.0 Å². The van der Waals surface area contributed by atoms with E-state index in [0.29, 0.717) is 0 Å². The van der Waals surface area contributed by atoms with Crippen LogP contribution in [0, 0.1) is 6.92 Å². The molecule has 0 spiro atoms. The molecule has 0 saturated carbocycles. The summed E-state index contributed by atoms with van der Waals surface area (Å²) in [6, 6.07) is 3.98. The van der Waals surface area contributed by atoms with Crippen molar-refractivity contribution in [2.75, 3.05) is 14.2 Å². The first-order valence-corrected chi connectivity index (χ1v) is 5.39. The van der Waals surface area contributed by atoms with Gasteiger partial charge in [-0.15, -0.1) is 0 Å². The summed E-state index contributed by atoms with van der Waals surface area (Å²) in [6.45, 7) is 4.07. The van der Waals surface area contributed by atoms with Crippen molar-refractivity contribution in [3.05, 3.63) is 23.3 Å². The lowest BCUT2D eigenvalue weighted by Gasteiger charge is -2.15. The van der Waals surface area contributed by atoms with Crippen LogP contribution in [0.2, 0.25) is 0 Å². The molecule has 14 heavy (non-hydrogen) atoms. The summed E-state index contributed by atoms with van der Waals surface area (Å²) >= 11 is 3.53. The zero-order chi connectivity index (χ0) is 10.7. The Kier molecular flexibility index (Phi) is 3.81. The molecule has 0 aliphatic heterocycles. The van der Waals surface area contributed by atoms with Gasteiger partial charge in [-0.25, -0.2) is 0 Å². The maximum Gasteiger partial charge on any atom is 0.129 e. The van der Waals surface area contributed by atoms with Crippen LogP contribution in [0.4, 0.5) is 0 Å². The molecule has 0 aromatic heterocycles. The Bertz CT molecular complexity index is 321. The SMILES string of the molecule is COc1ccc(C(C)Br)c(OC)c1C. The number of alkyl halides is 1. The van der Waals surface area contributed by atoms with Crippen molar-refractivity contribution in [2.45, 2.75) is 18.7 Å². The quantitative estimate of drug-likeness (QED) is 0.774. The summed E-state index contributed by atoms with van der Waals surface area (Å²) in [5, 5.41) is 0. The van der Waals surface area contributed by atoms with Crippen molar-refractivity contribution in [3.63, 3.8) is 0 Å². The van der Waals surface area contributed by atoms with Gasteiger partial charge in [0, 0.05) is 16.0 Å². The molecule has 3 heteroatoms. The number of methoxy groups -OCH3 is 2. The molecule has 0 saturated heterocycles. The van der Waals surface area contributed by atoms with Crippen LogP contribution in [0.25, 0.3) is 0 Å². The van der Waals surface area contributed by atoms with Gasteiger partial charge in [-0.2, -0.15) is 0 Å². The highest BCUT2D eigenvalue weighted by atomic mass is 79.9. The van der Waals surface area contributed by atoms with Crippen LogP contribution < -0.4 is 9.47 Å². The van der Waals surface area contributed by atoms with Gasteiger partial charge in [0.25, 0.3) is 0 Å². The van der Waals surface area contributed by atoms with E-state index in [1.807, 2.05) is 19.1 Å². The molecule has 1 aromatic carbocycles. The molecule has 0 radical (unpaired) electrons. The van der Waals surface area contributed by atoms with Crippen molar-refractivity contribution >= 4 is 15.9 Å². The summed E-state index contributed by atoms with van der Waals surface area (Å²) in [5.41, 5.74) is 2.18. The Morgan fingerprint density at radius 3 is 2.29 bits per heavy atom. The van der Waals surface area contributed by atoms with Crippen LogP contribution in [-0.4, -0.2) is 14.2 Å². The molecule has 2 nitrogen and oxygen atoms in total. The highest BCUT2D eigenvalue weighted by Gasteiger charge is 2.13. The largest absolute Gasteiger partial charge is 0.496 e. The van der Waals surface area contributed by atoms with Gasteiger partial charge in [0.2, 0.25) is 0 Å². The van der Waals surface area contributed by atoms with Gasteiger partial charge in [0.15, 0.2) is 0 Å². The standard InChI is InChI=1S/C11H15BrO2/c1-7-10(13-3)6-5-9(8(2)12)11(7)14-4/h5-6,8H,1-4H3. The van der Waals surface area contributed by atoms with E-state index < -0.39 is 0 Å². The minimum absolute atomic E-state index is 0.280. The van der Waals surface area contributed by atoms with Crippen molar-refractivity contribution in [1.82, 2.24) is 0 Å². The topological polar surface area (TPSA) is 18.5 Å². The highest BCUT2D eigenvalue weighted by molar-refractivity contribution is 9.09. The van der Waals surface area contributed by atoms with Crippen LogP contribution >= 0.6 is 15.9 Å². The summed E-state index contributed by atoms with van der Waals surface area (Å²) < 4.78 is 10.6. The van der Waals surface area contributed by atoms with E-state index in [1.165, 1.54) is 0 Å². The van der Waals surface area contributed by atoms with Crippen LogP contribution in [0.5, 0.6) is 11.5 Å². The lowest BCUT2D eigenvalue weighted by atomic mass is 10.1. The molecule has 1 rings (SSSR count). The van der Waals surface area contributed by atoms with E-state index in [4.69, 9.17) is 9.47 Å². The highest BCUT2D eigenvalue weighted by Crippen LogP contribution is 2.37. The molecule has 0 bridgehead atoms. The molecular formula is C11H15BrO2. The summed E-state index contributed by atoms with van der Waals surface area (Å²) in [4.78, 5) is 0.280. The third-order valence-corrected chi connectivity index (χ3v) is 2.73. The zero-order valence-corrected chi connectivity index (χ0v) is 10.5. The molecular weight excluding hydrogens is 244 g/mol. The van der Waals surface area contributed by atoms with Crippen molar-refractivity contribution < 1.29 is 9.47 Å². The second-order valence-electron chi connectivity index (χ2n) is 3.13. The maximum atomic E-state index is 5.37. The number of hydrogen-bond donors (Lipinski definition) is 0. The number of hydrogen-bond acceptors (Lipinski definition) is 2.